The summed E-state index contributed by atoms with van der Waals surface area (Å²) in [5.74, 6) is -0.405. The Morgan fingerprint density at radius 3 is 2.39 bits per heavy atom. The normalized spacial score (nSPS) is 15.8. The molecule has 36 heavy (non-hydrogen) atoms. The van der Waals surface area contributed by atoms with Crippen LogP contribution in [0, 0.1) is 5.92 Å². The Kier molecular flexibility index (Phi) is 7.91. The topological polar surface area (TPSA) is 107 Å². The summed E-state index contributed by atoms with van der Waals surface area (Å²) in [6, 6.07) is 11.6. The van der Waals surface area contributed by atoms with Crippen molar-refractivity contribution in [3.8, 4) is 5.75 Å². The zero-order chi connectivity index (χ0) is 25.9. The average molecular weight is 532 g/mol. The van der Waals surface area contributed by atoms with Gasteiger partial charge in [-0.3, -0.25) is 4.79 Å². The summed E-state index contributed by atoms with van der Waals surface area (Å²) in [6.45, 7) is 5.15. The molecule has 0 unspecified atom stereocenters. The van der Waals surface area contributed by atoms with Crippen LogP contribution in [0.4, 0.5) is 0 Å². The SMILES string of the molecule is CCOC(=O)c1ccc2c(c1)sc(=NC(=O)C1CCN(S(=O)(=O)c3ccc(OC)cc3)CC1)n2CC. The Labute approximate surface area is 214 Å². The van der Waals surface area contributed by atoms with Crippen molar-refractivity contribution < 1.29 is 27.5 Å². The van der Waals surface area contributed by atoms with E-state index in [1.807, 2.05) is 17.6 Å². The summed E-state index contributed by atoms with van der Waals surface area (Å²) in [7, 11) is -2.12. The van der Waals surface area contributed by atoms with E-state index in [0.29, 0.717) is 42.1 Å². The molecule has 0 atom stereocenters. The number of fused-ring (bicyclic) bond motifs is 1. The van der Waals surface area contributed by atoms with Crippen LogP contribution in [0.25, 0.3) is 10.2 Å². The van der Waals surface area contributed by atoms with Crippen LogP contribution in [-0.4, -0.2) is 56.0 Å². The molecule has 1 aliphatic rings. The summed E-state index contributed by atoms with van der Waals surface area (Å²) < 4.78 is 40.4. The summed E-state index contributed by atoms with van der Waals surface area (Å²) >= 11 is 1.35. The second-order valence-corrected chi connectivity index (χ2v) is 11.3. The Bertz CT molecular complexity index is 1430. The number of sulfonamides is 1. The number of rotatable bonds is 7. The Balaban J connectivity index is 1.50. The third kappa shape index (κ3) is 5.23. The van der Waals surface area contributed by atoms with E-state index in [1.54, 1.807) is 31.2 Å². The quantitative estimate of drug-likeness (QED) is 0.433. The first-order chi connectivity index (χ1) is 17.3. The van der Waals surface area contributed by atoms with Crippen molar-refractivity contribution in [2.45, 2.75) is 38.1 Å². The highest BCUT2D eigenvalue weighted by Gasteiger charge is 2.32. The maximum absolute atomic E-state index is 13.0. The van der Waals surface area contributed by atoms with Gasteiger partial charge in [-0.2, -0.15) is 9.30 Å². The second kappa shape index (κ2) is 10.9. The zero-order valence-electron chi connectivity index (χ0n) is 20.5. The molecule has 1 fully saturated rings. The van der Waals surface area contributed by atoms with Crippen molar-refractivity contribution in [2.24, 2.45) is 10.9 Å². The fourth-order valence-corrected chi connectivity index (χ4v) is 6.84. The van der Waals surface area contributed by atoms with Gasteiger partial charge >= 0.3 is 5.97 Å². The fourth-order valence-electron chi connectivity index (χ4n) is 4.23. The molecular weight excluding hydrogens is 502 g/mol. The molecule has 0 spiro atoms. The van der Waals surface area contributed by atoms with E-state index < -0.39 is 10.0 Å². The molecule has 2 heterocycles. The number of aryl methyl sites for hydroxylation is 1. The van der Waals surface area contributed by atoms with Gasteiger partial charge in [0.05, 0.1) is 34.4 Å². The number of carbonyl (C=O) groups is 2. The summed E-state index contributed by atoms with van der Waals surface area (Å²) in [4.78, 5) is 30.3. The second-order valence-electron chi connectivity index (χ2n) is 8.34. The van der Waals surface area contributed by atoms with Gasteiger partial charge in [-0.1, -0.05) is 11.3 Å². The van der Waals surface area contributed by atoms with Gasteiger partial charge in [0.1, 0.15) is 5.75 Å². The number of methoxy groups -OCH3 is 1. The van der Waals surface area contributed by atoms with Gasteiger partial charge in [0.2, 0.25) is 10.0 Å². The number of amides is 1. The Morgan fingerprint density at radius 1 is 1.08 bits per heavy atom. The highest BCUT2D eigenvalue weighted by molar-refractivity contribution is 7.89. The molecule has 2 aromatic carbocycles. The number of ether oxygens (including phenoxy) is 2. The highest BCUT2D eigenvalue weighted by atomic mass is 32.2. The van der Waals surface area contributed by atoms with Crippen molar-refractivity contribution >= 4 is 43.5 Å². The molecule has 1 saturated heterocycles. The minimum atomic E-state index is -3.64. The third-order valence-corrected chi connectivity index (χ3v) is 9.17. The van der Waals surface area contributed by atoms with Crippen molar-refractivity contribution in [3.05, 3.63) is 52.8 Å². The molecule has 0 N–H and O–H groups in total. The van der Waals surface area contributed by atoms with Crippen LogP contribution in [0.1, 0.15) is 37.0 Å². The molecule has 1 aliphatic heterocycles. The Morgan fingerprint density at radius 2 is 1.78 bits per heavy atom. The zero-order valence-corrected chi connectivity index (χ0v) is 22.1. The van der Waals surface area contributed by atoms with E-state index in [0.717, 1.165) is 10.2 Å². The van der Waals surface area contributed by atoms with Gasteiger partial charge in [0.15, 0.2) is 4.80 Å². The molecule has 0 saturated carbocycles. The monoisotopic (exact) mass is 531 g/mol. The first kappa shape index (κ1) is 26.1. The van der Waals surface area contributed by atoms with Gasteiger partial charge in [0.25, 0.3) is 5.91 Å². The smallest absolute Gasteiger partial charge is 0.338 e. The van der Waals surface area contributed by atoms with Crippen molar-refractivity contribution in [2.75, 3.05) is 26.8 Å². The number of esters is 1. The van der Waals surface area contributed by atoms with Crippen LogP contribution in [0.5, 0.6) is 5.75 Å². The molecule has 4 rings (SSSR count). The predicted octanol–water partition coefficient (Wildman–Crippen LogP) is 3.44. The molecule has 9 nitrogen and oxygen atoms in total. The lowest BCUT2D eigenvalue weighted by Crippen LogP contribution is -2.40. The van der Waals surface area contributed by atoms with E-state index in [4.69, 9.17) is 9.47 Å². The third-order valence-electron chi connectivity index (χ3n) is 6.22. The molecule has 1 aromatic heterocycles. The van der Waals surface area contributed by atoms with Gasteiger partial charge in [-0.15, -0.1) is 0 Å². The van der Waals surface area contributed by atoms with Crippen molar-refractivity contribution in [1.29, 1.82) is 0 Å². The van der Waals surface area contributed by atoms with E-state index in [-0.39, 0.29) is 35.8 Å². The Hall–Kier alpha value is -3.02. The maximum Gasteiger partial charge on any atom is 0.338 e. The lowest BCUT2D eigenvalue weighted by atomic mass is 9.98. The number of carbonyl (C=O) groups excluding carboxylic acids is 2. The van der Waals surface area contributed by atoms with E-state index in [1.165, 1.54) is 34.9 Å². The number of nitrogens with zero attached hydrogens (tertiary/aromatic N) is 3. The molecule has 3 aromatic rings. The van der Waals surface area contributed by atoms with E-state index in [2.05, 4.69) is 4.99 Å². The van der Waals surface area contributed by atoms with Crippen LogP contribution < -0.4 is 9.54 Å². The van der Waals surface area contributed by atoms with Crippen LogP contribution >= 0.6 is 11.3 Å². The molecule has 0 radical (unpaired) electrons. The van der Waals surface area contributed by atoms with Crippen LogP contribution in [0.2, 0.25) is 0 Å². The van der Waals surface area contributed by atoms with Crippen LogP contribution in [0.3, 0.4) is 0 Å². The van der Waals surface area contributed by atoms with Crippen molar-refractivity contribution in [3.63, 3.8) is 0 Å². The largest absolute Gasteiger partial charge is 0.497 e. The van der Waals surface area contributed by atoms with E-state index >= 15 is 0 Å². The summed E-state index contributed by atoms with van der Waals surface area (Å²) in [5, 5.41) is 0. The molecule has 0 aliphatic carbocycles. The summed E-state index contributed by atoms with van der Waals surface area (Å²) in [6.07, 6.45) is 0.809. The molecule has 11 heteroatoms. The number of hydrogen-bond donors (Lipinski definition) is 0. The molecule has 192 valence electrons. The number of thiazole rings is 1. The van der Waals surface area contributed by atoms with Crippen LogP contribution in [0.15, 0.2) is 52.4 Å². The molecular formula is C25H29N3O6S2. The first-order valence-corrected chi connectivity index (χ1v) is 14.1. The van der Waals surface area contributed by atoms with Gasteiger partial charge < -0.3 is 14.0 Å². The molecule has 0 bridgehead atoms. The standard InChI is InChI=1S/C25H29N3O6S2/c1-4-28-21-11-6-18(24(30)34-5-2)16-22(21)35-25(28)26-23(29)17-12-14-27(15-13-17)36(31,32)20-9-7-19(33-3)8-10-20/h6-11,16-17H,4-5,12-15H2,1-3H3. The fraction of sp³-hybridized carbons (Fsp3) is 0.400. The number of piperidine rings is 1. The van der Waals surface area contributed by atoms with Crippen LogP contribution in [-0.2, 0) is 26.1 Å². The minimum absolute atomic E-state index is 0.203. The maximum atomic E-state index is 13.0. The lowest BCUT2D eigenvalue weighted by Gasteiger charge is -2.29. The predicted molar refractivity (Wildman–Crippen MR) is 136 cm³/mol. The number of hydrogen-bond acceptors (Lipinski definition) is 7. The minimum Gasteiger partial charge on any atom is -0.497 e. The summed E-state index contributed by atoms with van der Waals surface area (Å²) in [5.41, 5.74) is 1.35. The van der Waals surface area contributed by atoms with Gasteiger partial charge in [-0.05, 0) is 69.2 Å². The van der Waals surface area contributed by atoms with Gasteiger partial charge in [0, 0.05) is 25.6 Å². The lowest BCUT2D eigenvalue weighted by molar-refractivity contribution is -0.122. The number of benzene rings is 2. The van der Waals surface area contributed by atoms with E-state index in [9.17, 15) is 18.0 Å². The highest BCUT2D eigenvalue weighted by Crippen LogP contribution is 2.26. The van der Waals surface area contributed by atoms with Crippen molar-refractivity contribution in [1.82, 2.24) is 8.87 Å². The first-order valence-electron chi connectivity index (χ1n) is 11.8. The molecule has 1 amide bonds. The number of aromatic nitrogens is 1. The average Bonchev–Trinajstić information content (AvgIpc) is 3.24. The van der Waals surface area contributed by atoms with Gasteiger partial charge in [-0.25, -0.2) is 13.2 Å².